The smallest absolute Gasteiger partial charge is 0.221 e. The van der Waals surface area contributed by atoms with Crippen molar-refractivity contribution in [3.05, 3.63) is 54.4 Å². The van der Waals surface area contributed by atoms with Crippen LogP contribution in [0.25, 0.3) is 22.5 Å². The first-order chi connectivity index (χ1) is 10.1. The lowest BCUT2D eigenvalue weighted by Crippen LogP contribution is -1.99. The third-order valence-corrected chi connectivity index (χ3v) is 3.13. The number of hydrogen-bond acceptors (Lipinski definition) is 5. The normalized spacial score (nSPS) is 10.5. The molecule has 0 unspecified atom stereocenters. The predicted octanol–water partition coefficient (Wildman–Crippen LogP) is 2.80. The van der Waals surface area contributed by atoms with Crippen molar-refractivity contribution in [3.63, 3.8) is 0 Å². The van der Waals surface area contributed by atoms with Crippen LogP contribution in [0.4, 0.5) is 5.95 Å². The van der Waals surface area contributed by atoms with E-state index in [9.17, 15) is 5.11 Å². The summed E-state index contributed by atoms with van der Waals surface area (Å²) in [7, 11) is 0. The SMILES string of the molecule is Cc1ccc(-c2cc(-c3ccccc3O)nc(N)n2)cn1. The van der Waals surface area contributed by atoms with E-state index in [0.29, 0.717) is 17.0 Å². The first-order valence-electron chi connectivity index (χ1n) is 6.49. The molecule has 3 rings (SSSR count). The molecule has 0 radical (unpaired) electrons. The lowest BCUT2D eigenvalue weighted by Gasteiger charge is -2.07. The molecule has 3 N–H and O–H groups in total. The zero-order chi connectivity index (χ0) is 14.8. The van der Waals surface area contributed by atoms with E-state index < -0.39 is 0 Å². The van der Waals surface area contributed by atoms with Gasteiger partial charge >= 0.3 is 0 Å². The van der Waals surface area contributed by atoms with Crippen LogP contribution < -0.4 is 5.73 Å². The molecular weight excluding hydrogens is 264 g/mol. The fourth-order valence-electron chi connectivity index (χ4n) is 2.06. The second-order valence-corrected chi connectivity index (χ2v) is 4.70. The van der Waals surface area contributed by atoms with Gasteiger partial charge in [-0.2, -0.15) is 0 Å². The van der Waals surface area contributed by atoms with Gasteiger partial charge in [0.15, 0.2) is 0 Å². The summed E-state index contributed by atoms with van der Waals surface area (Å²) in [5.74, 6) is 0.315. The Kier molecular flexibility index (Phi) is 3.23. The molecule has 3 aromatic rings. The van der Waals surface area contributed by atoms with Crippen molar-refractivity contribution in [2.24, 2.45) is 0 Å². The Morgan fingerprint density at radius 1 is 1.00 bits per heavy atom. The van der Waals surface area contributed by atoms with E-state index in [4.69, 9.17) is 5.73 Å². The van der Waals surface area contributed by atoms with E-state index in [1.165, 1.54) is 0 Å². The molecule has 2 aromatic heterocycles. The summed E-state index contributed by atoms with van der Waals surface area (Å²) in [6.45, 7) is 1.92. The fourth-order valence-corrected chi connectivity index (χ4v) is 2.06. The lowest BCUT2D eigenvalue weighted by molar-refractivity contribution is 0.477. The highest BCUT2D eigenvalue weighted by molar-refractivity contribution is 5.72. The maximum atomic E-state index is 9.94. The number of pyridine rings is 1. The number of benzene rings is 1. The molecule has 0 bridgehead atoms. The summed E-state index contributed by atoms with van der Waals surface area (Å²) in [4.78, 5) is 12.7. The van der Waals surface area contributed by atoms with Gasteiger partial charge in [0.05, 0.1) is 11.4 Å². The van der Waals surface area contributed by atoms with Gasteiger partial charge in [-0.25, -0.2) is 9.97 Å². The number of hydrogen-bond donors (Lipinski definition) is 2. The van der Waals surface area contributed by atoms with Crippen LogP contribution in [0, 0.1) is 6.92 Å². The van der Waals surface area contributed by atoms with E-state index in [1.807, 2.05) is 25.1 Å². The number of para-hydroxylation sites is 1. The molecule has 0 saturated carbocycles. The molecule has 0 aliphatic heterocycles. The number of aromatic nitrogens is 3. The van der Waals surface area contributed by atoms with Crippen molar-refractivity contribution in [2.75, 3.05) is 5.73 Å². The van der Waals surface area contributed by atoms with Crippen LogP contribution in [-0.2, 0) is 0 Å². The van der Waals surface area contributed by atoms with Crippen molar-refractivity contribution in [1.82, 2.24) is 15.0 Å². The number of nitrogen functional groups attached to an aromatic ring is 1. The van der Waals surface area contributed by atoms with E-state index >= 15 is 0 Å². The van der Waals surface area contributed by atoms with Gasteiger partial charge in [-0.05, 0) is 37.3 Å². The first-order valence-corrected chi connectivity index (χ1v) is 6.49. The molecule has 5 heteroatoms. The Bertz CT molecular complexity index is 785. The Labute approximate surface area is 122 Å². The minimum Gasteiger partial charge on any atom is -0.507 e. The van der Waals surface area contributed by atoms with Crippen LogP contribution >= 0.6 is 0 Å². The topological polar surface area (TPSA) is 84.9 Å². The monoisotopic (exact) mass is 278 g/mol. The van der Waals surface area contributed by atoms with Crippen LogP contribution in [0.15, 0.2) is 48.7 Å². The number of aromatic hydroxyl groups is 1. The molecule has 0 amide bonds. The van der Waals surface area contributed by atoms with Crippen LogP contribution in [0.1, 0.15) is 5.69 Å². The highest BCUT2D eigenvalue weighted by Gasteiger charge is 2.10. The third-order valence-electron chi connectivity index (χ3n) is 3.13. The first kappa shape index (κ1) is 13.1. The van der Waals surface area contributed by atoms with E-state index in [-0.39, 0.29) is 11.7 Å². The van der Waals surface area contributed by atoms with Crippen LogP contribution in [0.3, 0.4) is 0 Å². The molecular formula is C16H14N4O. The molecule has 5 nitrogen and oxygen atoms in total. The second kappa shape index (κ2) is 5.20. The molecule has 2 heterocycles. The second-order valence-electron chi connectivity index (χ2n) is 4.70. The Balaban J connectivity index is 2.13. The van der Waals surface area contributed by atoms with Gasteiger partial charge in [-0.15, -0.1) is 0 Å². The molecule has 0 atom stereocenters. The molecule has 21 heavy (non-hydrogen) atoms. The summed E-state index contributed by atoms with van der Waals surface area (Å²) in [6, 6.07) is 12.6. The molecule has 0 saturated heterocycles. The van der Waals surface area contributed by atoms with Crippen molar-refractivity contribution < 1.29 is 5.11 Å². The Hall–Kier alpha value is -2.95. The minimum absolute atomic E-state index is 0.156. The number of phenols is 1. The third kappa shape index (κ3) is 2.67. The number of nitrogens with zero attached hydrogens (tertiary/aromatic N) is 3. The van der Waals surface area contributed by atoms with Gasteiger partial charge in [-0.1, -0.05) is 12.1 Å². The average molecular weight is 278 g/mol. The maximum absolute atomic E-state index is 9.94. The Morgan fingerprint density at radius 3 is 2.48 bits per heavy atom. The van der Waals surface area contributed by atoms with Gasteiger partial charge in [0.1, 0.15) is 5.75 Å². The average Bonchev–Trinajstić information content (AvgIpc) is 2.48. The highest BCUT2D eigenvalue weighted by atomic mass is 16.3. The lowest BCUT2D eigenvalue weighted by atomic mass is 10.1. The fraction of sp³-hybridized carbons (Fsp3) is 0.0625. The molecule has 0 aliphatic rings. The predicted molar refractivity (Wildman–Crippen MR) is 81.5 cm³/mol. The number of aryl methyl sites for hydroxylation is 1. The van der Waals surface area contributed by atoms with Crippen LogP contribution in [0.2, 0.25) is 0 Å². The summed E-state index contributed by atoms with van der Waals surface area (Å²) in [5.41, 5.74) is 9.45. The zero-order valence-corrected chi connectivity index (χ0v) is 11.5. The molecule has 0 aliphatic carbocycles. The van der Waals surface area contributed by atoms with Gasteiger partial charge in [0, 0.05) is 23.0 Å². The number of rotatable bonds is 2. The Morgan fingerprint density at radius 2 is 1.76 bits per heavy atom. The molecule has 104 valence electrons. The number of nitrogens with two attached hydrogens (primary N) is 1. The van der Waals surface area contributed by atoms with Crippen molar-refractivity contribution >= 4 is 5.95 Å². The van der Waals surface area contributed by atoms with E-state index in [2.05, 4.69) is 15.0 Å². The maximum Gasteiger partial charge on any atom is 0.221 e. The van der Waals surface area contributed by atoms with E-state index in [1.54, 1.807) is 30.5 Å². The minimum atomic E-state index is 0.156. The van der Waals surface area contributed by atoms with Gasteiger partial charge in [0.25, 0.3) is 0 Å². The summed E-state index contributed by atoms with van der Waals surface area (Å²) in [5, 5.41) is 9.94. The van der Waals surface area contributed by atoms with Crippen LogP contribution in [0.5, 0.6) is 5.75 Å². The highest BCUT2D eigenvalue weighted by Crippen LogP contribution is 2.30. The van der Waals surface area contributed by atoms with Gasteiger partial charge in [-0.3, -0.25) is 4.98 Å². The van der Waals surface area contributed by atoms with Crippen molar-refractivity contribution in [2.45, 2.75) is 6.92 Å². The van der Waals surface area contributed by atoms with Gasteiger partial charge in [0.2, 0.25) is 5.95 Å². The van der Waals surface area contributed by atoms with E-state index in [0.717, 1.165) is 11.3 Å². The van der Waals surface area contributed by atoms with Gasteiger partial charge < -0.3 is 10.8 Å². The molecule has 0 fully saturated rings. The van der Waals surface area contributed by atoms with Crippen molar-refractivity contribution in [3.8, 4) is 28.3 Å². The zero-order valence-electron chi connectivity index (χ0n) is 11.5. The quantitative estimate of drug-likeness (QED) is 0.753. The number of phenolic OH excluding ortho intramolecular Hbond substituents is 1. The molecule has 0 spiro atoms. The summed E-state index contributed by atoms with van der Waals surface area (Å²) in [6.07, 6.45) is 1.74. The summed E-state index contributed by atoms with van der Waals surface area (Å²) < 4.78 is 0. The summed E-state index contributed by atoms with van der Waals surface area (Å²) >= 11 is 0. The van der Waals surface area contributed by atoms with Crippen molar-refractivity contribution in [1.29, 1.82) is 0 Å². The van der Waals surface area contributed by atoms with Crippen LogP contribution in [-0.4, -0.2) is 20.1 Å². The number of anilines is 1. The largest absolute Gasteiger partial charge is 0.507 e. The molecule has 1 aromatic carbocycles. The standard InChI is InChI=1S/C16H14N4O/c1-10-6-7-11(9-18-10)13-8-14(20-16(17)19-13)12-4-2-3-5-15(12)21/h2-9,21H,1H3,(H2,17,19,20).